The summed E-state index contributed by atoms with van der Waals surface area (Å²) in [6.45, 7) is 8.80. The third kappa shape index (κ3) is 3.85. The number of benzene rings is 4. The molecule has 0 aliphatic heterocycles. The van der Waals surface area contributed by atoms with Crippen LogP contribution < -0.4 is 0 Å². The monoisotopic (exact) mass is 400 g/mol. The smallest absolute Gasteiger partial charge is 0.0300 e. The zero-order valence-electron chi connectivity index (χ0n) is 16.7. The van der Waals surface area contributed by atoms with Gasteiger partial charge in [0.2, 0.25) is 0 Å². The average molecular weight is 401 g/mol. The van der Waals surface area contributed by atoms with Crippen molar-refractivity contribution >= 4 is 34.3 Å². The molecule has 0 bridgehead atoms. The lowest BCUT2D eigenvalue weighted by molar-refractivity contribution is 1.14. The maximum Gasteiger partial charge on any atom is 0.0300 e. The van der Waals surface area contributed by atoms with Crippen LogP contribution in [0.15, 0.2) is 92.4 Å². The Balaban J connectivity index is 1.88. The minimum Gasteiger partial charge on any atom is -0.0886 e. The van der Waals surface area contributed by atoms with Crippen LogP contribution in [0.25, 0.3) is 10.8 Å². The number of rotatable bonds is 4. The summed E-state index contributed by atoms with van der Waals surface area (Å²) in [5.41, 5.74) is 5.32. The molecule has 0 saturated carbocycles. The van der Waals surface area contributed by atoms with Crippen LogP contribution in [0.2, 0.25) is 0 Å². The van der Waals surface area contributed by atoms with Gasteiger partial charge in [0.15, 0.2) is 0 Å². The highest BCUT2D eigenvalue weighted by molar-refractivity contribution is 8.02. The third-order valence-corrected chi connectivity index (χ3v) is 7.68. The number of aryl methyl sites for hydroxylation is 4. The lowest BCUT2D eigenvalue weighted by Gasteiger charge is -2.19. The lowest BCUT2D eigenvalue weighted by atomic mass is 10.0. The van der Waals surface area contributed by atoms with Crippen molar-refractivity contribution in [1.82, 2.24) is 0 Å². The minimum atomic E-state index is 1.29. The maximum atomic E-state index is 2.26. The van der Waals surface area contributed by atoms with E-state index in [1.165, 1.54) is 52.6 Å². The van der Waals surface area contributed by atoms with Crippen molar-refractivity contribution in [1.29, 1.82) is 0 Å². The highest BCUT2D eigenvalue weighted by atomic mass is 32.2. The Hall–Kier alpha value is -2.16. The summed E-state index contributed by atoms with van der Waals surface area (Å²) in [4.78, 5) is 5.31. The molecule has 0 unspecified atom stereocenters. The highest BCUT2D eigenvalue weighted by Crippen LogP contribution is 2.46. The molecule has 0 amide bonds. The second-order valence-electron chi connectivity index (χ2n) is 7.28. The van der Waals surface area contributed by atoms with Crippen molar-refractivity contribution in [3.05, 3.63) is 95.1 Å². The van der Waals surface area contributed by atoms with E-state index >= 15 is 0 Å². The van der Waals surface area contributed by atoms with Gasteiger partial charge in [0.05, 0.1) is 0 Å². The van der Waals surface area contributed by atoms with Crippen molar-refractivity contribution < 1.29 is 0 Å². The van der Waals surface area contributed by atoms with Gasteiger partial charge in [-0.15, -0.1) is 0 Å². The summed E-state index contributed by atoms with van der Waals surface area (Å²) in [6, 6.07) is 26.5. The van der Waals surface area contributed by atoms with Crippen LogP contribution in [0.5, 0.6) is 0 Å². The van der Waals surface area contributed by atoms with Crippen LogP contribution in [-0.2, 0) is 0 Å². The summed E-state index contributed by atoms with van der Waals surface area (Å²) in [7, 11) is 0. The highest BCUT2D eigenvalue weighted by Gasteiger charge is 2.17. The molecule has 0 N–H and O–H groups in total. The van der Waals surface area contributed by atoms with E-state index in [1.54, 1.807) is 0 Å². The molecule has 0 nitrogen and oxygen atoms in total. The quantitative estimate of drug-likeness (QED) is 0.337. The molecule has 140 valence electrons. The van der Waals surface area contributed by atoms with E-state index in [0.717, 1.165) is 0 Å². The fourth-order valence-electron chi connectivity index (χ4n) is 3.42. The summed E-state index contributed by atoms with van der Waals surface area (Å²) in [5.74, 6) is 0. The Morgan fingerprint density at radius 1 is 0.464 bits per heavy atom. The largest absolute Gasteiger partial charge is 0.0886 e. The molecule has 0 aliphatic rings. The lowest BCUT2D eigenvalue weighted by Crippen LogP contribution is -1.93. The summed E-state index contributed by atoms with van der Waals surface area (Å²) < 4.78 is 0. The Morgan fingerprint density at radius 2 is 0.821 bits per heavy atom. The average Bonchev–Trinajstić information content (AvgIpc) is 2.71. The van der Waals surface area contributed by atoms with Crippen molar-refractivity contribution in [2.75, 3.05) is 0 Å². The van der Waals surface area contributed by atoms with Crippen LogP contribution in [0.4, 0.5) is 0 Å². The van der Waals surface area contributed by atoms with Gasteiger partial charge >= 0.3 is 0 Å². The Kier molecular flexibility index (Phi) is 5.52. The normalized spacial score (nSPS) is 11.1. The maximum absolute atomic E-state index is 2.26. The van der Waals surface area contributed by atoms with Crippen molar-refractivity contribution in [3.63, 3.8) is 0 Å². The van der Waals surface area contributed by atoms with E-state index in [0.29, 0.717) is 0 Å². The van der Waals surface area contributed by atoms with E-state index in [2.05, 4.69) is 100 Å². The first-order chi connectivity index (χ1) is 13.5. The predicted molar refractivity (Wildman–Crippen MR) is 124 cm³/mol. The van der Waals surface area contributed by atoms with E-state index in [-0.39, 0.29) is 0 Å². The molecular formula is C26H24S2. The van der Waals surface area contributed by atoms with Crippen LogP contribution >= 0.6 is 23.5 Å². The molecule has 4 aromatic carbocycles. The van der Waals surface area contributed by atoms with Gasteiger partial charge in [0, 0.05) is 19.6 Å². The van der Waals surface area contributed by atoms with Crippen LogP contribution in [0.3, 0.4) is 0 Å². The van der Waals surface area contributed by atoms with Gasteiger partial charge in [-0.05, 0) is 73.9 Å². The zero-order valence-corrected chi connectivity index (χ0v) is 18.4. The van der Waals surface area contributed by atoms with Crippen LogP contribution in [0, 0.1) is 27.7 Å². The molecule has 0 saturated heterocycles. The van der Waals surface area contributed by atoms with E-state index in [1.807, 2.05) is 23.5 Å². The Labute approximate surface area is 176 Å². The van der Waals surface area contributed by atoms with E-state index in [4.69, 9.17) is 0 Å². The minimum absolute atomic E-state index is 1.29. The van der Waals surface area contributed by atoms with Crippen molar-refractivity contribution in [3.8, 4) is 0 Å². The topological polar surface area (TPSA) is 0 Å². The second kappa shape index (κ2) is 8.06. The second-order valence-corrected chi connectivity index (χ2v) is 9.45. The first kappa shape index (κ1) is 19.2. The zero-order chi connectivity index (χ0) is 19.7. The standard InChI is InChI=1S/C26H24S2/c1-17-9-13-21(14-10-17)27-25-19(3)23-7-5-6-8-24(23)20(4)26(25)28-22-15-11-18(2)12-16-22/h5-16H,1-4H3. The molecule has 4 rings (SSSR count). The first-order valence-corrected chi connectivity index (χ1v) is 11.2. The molecule has 0 atom stereocenters. The number of fused-ring (bicyclic) bond motifs is 1. The molecule has 2 heteroatoms. The third-order valence-electron chi connectivity index (χ3n) is 5.10. The molecule has 4 aromatic rings. The predicted octanol–water partition coefficient (Wildman–Crippen LogP) is 8.38. The molecule has 0 spiro atoms. The summed E-state index contributed by atoms with van der Waals surface area (Å²) in [6.07, 6.45) is 0. The summed E-state index contributed by atoms with van der Waals surface area (Å²) in [5, 5.41) is 2.70. The molecule has 0 fully saturated rings. The van der Waals surface area contributed by atoms with Gasteiger partial charge in [-0.2, -0.15) is 0 Å². The van der Waals surface area contributed by atoms with E-state index < -0.39 is 0 Å². The summed E-state index contributed by atoms with van der Waals surface area (Å²) >= 11 is 3.76. The van der Waals surface area contributed by atoms with Gasteiger partial charge in [0.25, 0.3) is 0 Å². The fourth-order valence-corrected chi connectivity index (χ4v) is 5.70. The molecule has 0 radical (unpaired) electrons. The van der Waals surface area contributed by atoms with E-state index in [9.17, 15) is 0 Å². The fraction of sp³-hybridized carbons (Fsp3) is 0.154. The molecule has 0 heterocycles. The van der Waals surface area contributed by atoms with Crippen LogP contribution in [0.1, 0.15) is 22.3 Å². The SMILES string of the molecule is Cc1ccc(Sc2c(Sc3ccc(C)cc3)c(C)c3ccccc3c2C)cc1. The molecule has 28 heavy (non-hydrogen) atoms. The van der Waals surface area contributed by atoms with Gasteiger partial charge in [-0.3, -0.25) is 0 Å². The Morgan fingerprint density at radius 3 is 1.18 bits per heavy atom. The molecule has 0 aliphatic carbocycles. The van der Waals surface area contributed by atoms with Crippen LogP contribution in [-0.4, -0.2) is 0 Å². The van der Waals surface area contributed by atoms with Gasteiger partial charge in [0.1, 0.15) is 0 Å². The first-order valence-electron chi connectivity index (χ1n) is 9.54. The van der Waals surface area contributed by atoms with Gasteiger partial charge in [-0.25, -0.2) is 0 Å². The number of hydrogen-bond acceptors (Lipinski definition) is 2. The van der Waals surface area contributed by atoms with Gasteiger partial charge in [-0.1, -0.05) is 83.2 Å². The van der Waals surface area contributed by atoms with Crippen molar-refractivity contribution in [2.45, 2.75) is 47.3 Å². The molecule has 0 aromatic heterocycles. The Bertz CT molecular complexity index is 1030. The molecular weight excluding hydrogens is 376 g/mol. The van der Waals surface area contributed by atoms with Crippen molar-refractivity contribution in [2.24, 2.45) is 0 Å². The van der Waals surface area contributed by atoms with Gasteiger partial charge < -0.3 is 0 Å². The number of hydrogen-bond donors (Lipinski definition) is 0.